The van der Waals surface area contributed by atoms with Crippen molar-refractivity contribution in [2.75, 3.05) is 19.7 Å². The molecule has 1 atom stereocenters. The molecule has 0 radical (unpaired) electrons. The van der Waals surface area contributed by atoms with Gasteiger partial charge in [0.2, 0.25) is 0 Å². The minimum atomic E-state index is 0.634. The zero-order valence-corrected chi connectivity index (χ0v) is 9.07. The van der Waals surface area contributed by atoms with Crippen LogP contribution in [0, 0.1) is 5.92 Å². The second-order valence-corrected chi connectivity index (χ2v) is 4.22. The number of nitrogens with zero attached hydrogens (tertiary/aromatic N) is 1. The van der Waals surface area contributed by atoms with Crippen LogP contribution in [0.2, 0.25) is 0 Å². The number of nitrogens with one attached hydrogen (secondary N) is 2. The summed E-state index contributed by atoms with van der Waals surface area (Å²) in [7, 11) is 0. The maximum Gasteiger partial charge on any atom is 0.147 e. The van der Waals surface area contributed by atoms with Gasteiger partial charge in [-0.1, -0.05) is 6.07 Å². The van der Waals surface area contributed by atoms with Crippen LogP contribution in [0.4, 0.5) is 0 Å². The first-order chi connectivity index (χ1) is 7.93. The molecule has 2 N–H and O–H groups in total. The Morgan fingerprint density at radius 2 is 2.44 bits per heavy atom. The third-order valence-corrected chi connectivity index (χ3v) is 3.05. The summed E-state index contributed by atoms with van der Waals surface area (Å²) in [6, 6.07) is 5.97. The third kappa shape index (κ3) is 1.76. The van der Waals surface area contributed by atoms with Gasteiger partial charge in [0.05, 0.1) is 18.5 Å². The quantitative estimate of drug-likeness (QED) is 0.820. The number of fused-ring (bicyclic) bond motifs is 1. The zero-order valence-electron chi connectivity index (χ0n) is 9.07. The van der Waals surface area contributed by atoms with Crippen LogP contribution in [0.5, 0.6) is 5.75 Å². The van der Waals surface area contributed by atoms with Gasteiger partial charge in [-0.25, -0.2) is 4.98 Å². The van der Waals surface area contributed by atoms with Crippen LogP contribution in [-0.2, 0) is 0 Å². The average molecular weight is 217 g/mol. The van der Waals surface area contributed by atoms with E-state index in [4.69, 9.17) is 4.74 Å². The first-order valence-electron chi connectivity index (χ1n) is 5.69. The molecule has 0 saturated carbocycles. The lowest BCUT2D eigenvalue weighted by Gasteiger charge is -2.10. The zero-order chi connectivity index (χ0) is 10.8. The summed E-state index contributed by atoms with van der Waals surface area (Å²) in [4.78, 5) is 7.35. The van der Waals surface area contributed by atoms with E-state index < -0.39 is 0 Å². The maximum absolute atomic E-state index is 5.84. The Morgan fingerprint density at radius 1 is 1.44 bits per heavy atom. The molecule has 16 heavy (non-hydrogen) atoms. The van der Waals surface area contributed by atoms with Gasteiger partial charge in [0, 0.05) is 12.5 Å². The van der Waals surface area contributed by atoms with Gasteiger partial charge in [-0.15, -0.1) is 0 Å². The van der Waals surface area contributed by atoms with Crippen molar-refractivity contribution in [3.63, 3.8) is 0 Å². The summed E-state index contributed by atoms with van der Waals surface area (Å²) >= 11 is 0. The number of benzene rings is 1. The normalized spacial score (nSPS) is 20.4. The molecular formula is C12H15N3O. The van der Waals surface area contributed by atoms with Gasteiger partial charge in [-0.3, -0.25) is 0 Å². The van der Waals surface area contributed by atoms with E-state index in [1.165, 1.54) is 6.42 Å². The van der Waals surface area contributed by atoms with Gasteiger partial charge in [-0.05, 0) is 25.1 Å². The number of ether oxygens (including phenoxy) is 1. The highest BCUT2D eigenvalue weighted by molar-refractivity contribution is 5.80. The van der Waals surface area contributed by atoms with Gasteiger partial charge >= 0.3 is 0 Å². The molecule has 1 aliphatic rings. The second kappa shape index (κ2) is 4.14. The van der Waals surface area contributed by atoms with E-state index in [1.807, 2.05) is 18.2 Å². The van der Waals surface area contributed by atoms with Crippen molar-refractivity contribution in [3.05, 3.63) is 24.5 Å². The summed E-state index contributed by atoms with van der Waals surface area (Å²) in [5.41, 5.74) is 1.95. The van der Waals surface area contributed by atoms with Crippen LogP contribution in [0.25, 0.3) is 11.0 Å². The number of hydrogen-bond acceptors (Lipinski definition) is 3. The van der Waals surface area contributed by atoms with Crippen LogP contribution in [0.3, 0.4) is 0 Å². The molecule has 3 rings (SSSR count). The van der Waals surface area contributed by atoms with Crippen molar-refractivity contribution in [1.29, 1.82) is 0 Å². The first-order valence-corrected chi connectivity index (χ1v) is 5.69. The van der Waals surface area contributed by atoms with E-state index in [0.29, 0.717) is 5.92 Å². The van der Waals surface area contributed by atoms with E-state index in [1.54, 1.807) is 6.33 Å². The molecule has 4 heteroatoms. The number of rotatable bonds is 3. The Kier molecular flexibility index (Phi) is 2.50. The monoisotopic (exact) mass is 217 g/mol. The lowest BCUT2D eigenvalue weighted by atomic mass is 10.1. The van der Waals surface area contributed by atoms with E-state index >= 15 is 0 Å². The van der Waals surface area contributed by atoms with E-state index in [0.717, 1.165) is 36.5 Å². The van der Waals surface area contributed by atoms with Gasteiger partial charge in [0.15, 0.2) is 0 Å². The lowest BCUT2D eigenvalue weighted by molar-refractivity contribution is 0.262. The first kappa shape index (κ1) is 9.66. The summed E-state index contributed by atoms with van der Waals surface area (Å²) < 4.78 is 5.84. The molecule has 4 nitrogen and oxygen atoms in total. The fourth-order valence-corrected chi connectivity index (χ4v) is 2.12. The number of hydrogen-bond donors (Lipinski definition) is 2. The fourth-order valence-electron chi connectivity index (χ4n) is 2.12. The molecule has 1 aromatic heterocycles. The molecule has 2 aromatic rings. The number of para-hydroxylation sites is 1. The second-order valence-electron chi connectivity index (χ2n) is 4.22. The minimum Gasteiger partial charge on any atom is -0.491 e. The Hall–Kier alpha value is -1.55. The van der Waals surface area contributed by atoms with Crippen molar-refractivity contribution in [2.45, 2.75) is 6.42 Å². The molecule has 0 amide bonds. The maximum atomic E-state index is 5.84. The molecule has 0 aliphatic carbocycles. The largest absolute Gasteiger partial charge is 0.491 e. The van der Waals surface area contributed by atoms with Gasteiger partial charge in [0.25, 0.3) is 0 Å². The highest BCUT2D eigenvalue weighted by Crippen LogP contribution is 2.23. The number of aromatic nitrogens is 2. The Morgan fingerprint density at radius 3 is 3.31 bits per heavy atom. The minimum absolute atomic E-state index is 0.634. The molecule has 1 aromatic carbocycles. The summed E-state index contributed by atoms with van der Waals surface area (Å²) in [6.07, 6.45) is 2.91. The SMILES string of the molecule is c1cc(OCC2CCNC2)c2nc[nH]c2c1. The topological polar surface area (TPSA) is 49.9 Å². The Labute approximate surface area is 94.0 Å². The summed E-state index contributed by atoms with van der Waals surface area (Å²) in [5.74, 6) is 1.51. The smallest absolute Gasteiger partial charge is 0.147 e. The number of imidazole rings is 1. The Bertz CT molecular complexity index is 474. The van der Waals surface area contributed by atoms with Gasteiger partial charge in [-0.2, -0.15) is 0 Å². The van der Waals surface area contributed by atoms with Crippen molar-refractivity contribution in [2.24, 2.45) is 5.92 Å². The van der Waals surface area contributed by atoms with Crippen LogP contribution in [-0.4, -0.2) is 29.7 Å². The van der Waals surface area contributed by atoms with Crippen molar-refractivity contribution in [1.82, 2.24) is 15.3 Å². The van der Waals surface area contributed by atoms with Crippen LogP contribution in [0.15, 0.2) is 24.5 Å². The lowest BCUT2D eigenvalue weighted by Crippen LogP contribution is -2.15. The predicted molar refractivity (Wildman–Crippen MR) is 62.6 cm³/mol. The highest BCUT2D eigenvalue weighted by Gasteiger charge is 2.15. The number of aromatic amines is 1. The van der Waals surface area contributed by atoms with E-state index in [9.17, 15) is 0 Å². The van der Waals surface area contributed by atoms with E-state index in [2.05, 4.69) is 15.3 Å². The van der Waals surface area contributed by atoms with Crippen molar-refractivity contribution in [3.8, 4) is 5.75 Å². The molecule has 1 fully saturated rings. The fraction of sp³-hybridized carbons (Fsp3) is 0.417. The summed E-state index contributed by atoms with van der Waals surface area (Å²) in [6.45, 7) is 2.95. The van der Waals surface area contributed by atoms with Crippen LogP contribution >= 0.6 is 0 Å². The highest BCUT2D eigenvalue weighted by atomic mass is 16.5. The van der Waals surface area contributed by atoms with Crippen molar-refractivity contribution < 1.29 is 4.74 Å². The molecule has 84 valence electrons. The van der Waals surface area contributed by atoms with E-state index in [-0.39, 0.29) is 0 Å². The molecule has 0 bridgehead atoms. The molecule has 2 heterocycles. The predicted octanol–water partition coefficient (Wildman–Crippen LogP) is 1.55. The number of H-pyrrole nitrogens is 1. The third-order valence-electron chi connectivity index (χ3n) is 3.05. The summed E-state index contributed by atoms with van der Waals surface area (Å²) in [5, 5.41) is 3.34. The molecule has 1 aliphatic heterocycles. The van der Waals surface area contributed by atoms with Crippen LogP contribution in [0.1, 0.15) is 6.42 Å². The standard InChI is InChI=1S/C12H15N3O/c1-2-10-12(15-8-14-10)11(3-1)16-7-9-4-5-13-6-9/h1-3,8-9,13H,4-7H2,(H,14,15). The van der Waals surface area contributed by atoms with Gasteiger partial charge in [0.1, 0.15) is 11.3 Å². The Balaban J connectivity index is 1.75. The average Bonchev–Trinajstić information content (AvgIpc) is 2.97. The van der Waals surface area contributed by atoms with Crippen molar-refractivity contribution >= 4 is 11.0 Å². The molecule has 0 spiro atoms. The molecule has 1 saturated heterocycles. The molecule has 1 unspecified atom stereocenters. The van der Waals surface area contributed by atoms with Gasteiger partial charge < -0.3 is 15.0 Å². The van der Waals surface area contributed by atoms with Crippen LogP contribution < -0.4 is 10.1 Å². The molecular weight excluding hydrogens is 202 g/mol.